The van der Waals surface area contributed by atoms with Crippen LogP contribution in [0.3, 0.4) is 0 Å². The molecule has 0 unspecified atom stereocenters. The first-order valence-corrected chi connectivity index (χ1v) is 10.6. The fourth-order valence-electron chi connectivity index (χ4n) is 3.12. The summed E-state index contributed by atoms with van der Waals surface area (Å²) in [5, 5.41) is 2.98. The normalized spacial score (nSPS) is 12.7. The first-order valence-electron chi connectivity index (χ1n) is 10.6. The van der Waals surface area contributed by atoms with Crippen molar-refractivity contribution in [3.8, 4) is 5.75 Å². The molecule has 0 aliphatic rings. The number of benzene rings is 2. The van der Waals surface area contributed by atoms with Gasteiger partial charge in [0, 0.05) is 12.6 Å². The monoisotopic (exact) mass is 410 g/mol. The van der Waals surface area contributed by atoms with E-state index >= 15 is 0 Å². The molecule has 0 radical (unpaired) electrons. The van der Waals surface area contributed by atoms with E-state index in [0.29, 0.717) is 12.3 Å². The lowest BCUT2D eigenvalue weighted by molar-refractivity contribution is -0.142. The van der Waals surface area contributed by atoms with E-state index in [1.54, 1.807) is 11.8 Å². The highest BCUT2D eigenvalue weighted by molar-refractivity contribution is 5.88. The second kappa shape index (κ2) is 10.8. The van der Waals surface area contributed by atoms with Crippen LogP contribution in [0.1, 0.15) is 49.4 Å². The number of amides is 2. The van der Waals surface area contributed by atoms with E-state index in [0.717, 1.165) is 28.7 Å². The van der Waals surface area contributed by atoms with Crippen LogP contribution in [-0.2, 0) is 16.1 Å². The fraction of sp³-hybridized carbons (Fsp3) is 0.440. The molecule has 0 spiro atoms. The van der Waals surface area contributed by atoms with Crippen LogP contribution in [0.25, 0.3) is 0 Å². The van der Waals surface area contributed by atoms with Crippen LogP contribution in [0.4, 0.5) is 0 Å². The number of nitrogens with one attached hydrogen (secondary N) is 1. The molecule has 2 amide bonds. The van der Waals surface area contributed by atoms with Crippen molar-refractivity contribution in [2.24, 2.45) is 0 Å². The molecule has 5 heteroatoms. The lowest BCUT2D eigenvalue weighted by Crippen LogP contribution is -2.50. The SMILES string of the molecule is CC[C@H](C)NC(=O)[C@@H](C)N(Cc1ccccc1C)C(=O)COc1cccc(C)c1C. The Hall–Kier alpha value is -2.82. The smallest absolute Gasteiger partial charge is 0.261 e. The predicted octanol–water partition coefficient (Wildman–Crippen LogP) is 4.32. The number of aryl methyl sites for hydroxylation is 2. The molecule has 0 saturated heterocycles. The molecule has 0 aromatic heterocycles. The Kier molecular flexibility index (Phi) is 8.46. The maximum absolute atomic E-state index is 13.2. The molecule has 2 aromatic rings. The van der Waals surface area contributed by atoms with Gasteiger partial charge in [0.25, 0.3) is 5.91 Å². The number of hydrogen-bond donors (Lipinski definition) is 1. The summed E-state index contributed by atoms with van der Waals surface area (Å²) in [7, 11) is 0. The molecular weight excluding hydrogens is 376 g/mol. The molecule has 1 N–H and O–H groups in total. The van der Waals surface area contributed by atoms with Gasteiger partial charge in [0.15, 0.2) is 6.61 Å². The topological polar surface area (TPSA) is 58.6 Å². The quantitative estimate of drug-likeness (QED) is 0.670. The van der Waals surface area contributed by atoms with Gasteiger partial charge in [0.2, 0.25) is 5.91 Å². The van der Waals surface area contributed by atoms with E-state index in [9.17, 15) is 9.59 Å². The zero-order valence-electron chi connectivity index (χ0n) is 19.0. The Balaban J connectivity index is 2.20. The van der Waals surface area contributed by atoms with Crippen LogP contribution in [-0.4, -0.2) is 35.4 Å². The second-order valence-electron chi connectivity index (χ2n) is 7.93. The Bertz CT molecular complexity index is 878. The number of rotatable bonds is 9. The van der Waals surface area contributed by atoms with Gasteiger partial charge in [-0.3, -0.25) is 9.59 Å². The van der Waals surface area contributed by atoms with E-state index in [4.69, 9.17) is 4.74 Å². The maximum atomic E-state index is 13.2. The van der Waals surface area contributed by atoms with E-state index in [2.05, 4.69) is 5.32 Å². The second-order valence-corrected chi connectivity index (χ2v) is 7.93. The van der Waals surface area contributed by atoms with Gasteiger partial charge < -0.3 is 15.0 Å². The molecule has 0 fully saturated rings. The third-order valence-electron chi connectivity index (χ3n) is 5.68. The van der Waals surface area contributed by atoms with E-state index in [-0.39, 0.29) is 24.5 Å². The van der Waals surface area contributed by atoms with Crippen molar-refractivity contribution in [1.82, 2.24) is 10.2 Å². The third kappa shape index (κ3) is 6.09. The van der Waals surface area contributed by atoms with Crippen molar-refractivity contribution < 1.29 is 14.3 Å². The summed E-state index contributed by atoms with van der Waals surface area (Å²) in [5.41, 5.74) is 4.22. The first-order chi connectivity index (χ1) is 14.2. The van der Waals surface area contributed by atoms with Crippen LogP contribution < -0.4 is 10.1 Å². The third-order valence-corrected chi connectivity index (χ3v) is 5.68. The minimum Gasteiger partial charge on any atom is -0.483 e. The van der Waals surface area contributed by atoms with Crippen molar-refractivity contribution in [3.63, 3.8) is 0 Å². The number of hydrogen-bond acceptors (Lipinski definition) is 3. The summed E-state index contributed by atoms with van der Waals surface area (Å²) >= 11 is 0. The molecule has 0 aliphatic heterocycles. The maximum Gasteiger partial charge on any atom is 0.261 e. The molecule has 30 heavy (non-hydrogen) atoms. The summed E-state index contributed by atoms with van der Waals surface area (Å²) in [4.78, 5) is 27.5. The van der Waals surface area contributed by atoms with E-state index < -0.39 is 6.04 Å². The van der Waals surface area contributed by atoms with Gasteiger partial charge in [0.1, 0.15) is 11.8 Å². The van der Waals surface area contributed by atoms with Crippen LogP contribution in [0.2, 0.25) is 0 Å². The highest BCUT2D eigenvalue weighted by Gasteiger charge is 2.27. The molecule has 0 saturated carbocycles. The molecule has 0 bridgehead atoms. The van der Waals surface area contributed by atoms with Gasteiger partial charge in [-0.1, -0.05) is 43.3 Å². The first kappa shape index (κ1) is 23.5. The largest absolute Gasteiger partial charge is 0.483 e. The van der Waals surface area contributed by atoms with Gasteiger partial charge in [-0.25, -0.2) is 0 Å². The minimum atomic E-state index is -0.603. The fourth-order valence-corrected chi connectivity index (χ4v) is 3.12. The number of nitrogens with zero attached hydrogens (tertiary/aromatic N) is 1. The molecule has 2 atom stereocenters. The highest BCUT2D eigenvalue weighted by Crippen LogP contribution is 2.21. The molecule has 5 nitrogen and oxygen atoms in total. The summed E-state index contributed by atoms with van der Waals surface area (Å²) in [6.45, 7) is 12.0. The van der Waals surface area contributed by atoms with Crippen molar-refractivity contribution in [2.75, 3.05) is 6.61 Å². The van der Waals surface area contributed by atoms with Crippen LogP contribution in [0.15, 0.2) is 42.5 Å². The zero-order valence-corrected chi connectivity index (χ0v) is 19.0. The number of ether oxygens (including phenoxy) is 1. The summed E-state index contributed by atoms with van der Waals surface area (Å²) in [6, 6.07) is 13.1. The van der Waals surface area contributed by atoms with Crippen LogP contribution >= 0.6 is 0 Å². The Labute approximate surface area is 180 Å². The lowest BCUT2D eigenvalue weighted by atomic mass is 10.1. The van der Waals surface area contributed by atoms with Crippen molar-refractivity contribution in [2.45, 2.75) is 66.6 Å². The van der Waals surface area contributed by atoms with Gasteiger partial charge in [-0.2, -0.15) is 0 Å². The summed E-state index contributed by atoms with van der Waals surface area (Å²) in [6.07, 6.45) is 0.833. The van der Waals surface area contributed by atoms with Crippen molar-refractivity contribution in [1.29, 1.82) is 0 Å². The lowest BCUT2D eigenvalue weighted by Gasteiger charge is -2.30. The summed E-state index contributed by atoms with van der Waals surface area (Å²) < 4.78 is 5.84. The van der Waals surface area contributed by atoms with Gasteiger partial charge in [0.05, 0.1) is 0 Å². The van der Waals surface area contributed by atoms with Gasteiger partial charge >= 0.3 is 0 Å². The molecule has 0 aliphatic carbocycles. The molecule has 2 aromatic carbocycles. The zero-order chi connectivity index (χ0) is 22.3. The van der Waals surface area contributed by atoms with Crippen molar-refractivity contribution in [3.05, 3.63) is 64.7 Å². The standard InChI is InChI=1S/C25H34N2O3/c1-7-19(4)26-25(29)21(6)27(15-22-13-9-8-11-18(22)3)24(28)16-30-23-14-10-12-17(2)20(23)5/h8-14,19,21H,7,15-16H2,1-6H3,(H,26,29)/t19-,21+/m0/s1. The van der Waals surface area contributed by atoms with Crippen LogP contribution in [0.5, 0.6) is 5.75 Å². The Morgan fingerprint density at radius 3 is 2.33 bits per heavy atom. The molecular formula is C25H34N2O3. The Morgan fingerprint density at radius 1 is 1.00 bits per heavy atom. The average Bonchev–Trinajstić information content (AvgIpc) is 2.73. The number of carbonyl (C=O) groups excluding carboxylic acids is 2. The molecule has 2 rings (SSSR count). The number of carbonyl (C=O) groups is 2. The highest BCUT2D eigenvalue weighted by atomic mass is 16.5. The van der Waals surface area contributed by atoms with Gasteiger partial charge in [-0.15, -0.1) is 0 Å². The minimum absolute atomic E-state index is 0.0570. The van der Waals surface area contributed by atoms with Gasteiger partial charge in [-0.05, 0) is 69.4 Å². The predicted molar refractivity (Wildman–Crippen MR) is 120 cm³/mol. The average molecular weight is 411 g/mol. The van der Waals surface area contributed by atoms with Crippen LogP contribution in [0, 0.1) is 20.8 Å². The van der Waals surface area contributed by atoms with E-state index in [1.165, 1.54) is 0 Å². The summed E-state index contributed by atoms with van der Waals surface area (Å²) in [5.74, 6) is 0.319. The Morgan fingerprint density at radius 2 is 1.67 bits per heavy atom. The van der Waals surface area contributed by atoms with Crippen molar-refractivity contribution >= 4 is 11.8 Å². The molecule has 0 heterocycles. The molecule has 162 valence electrons. The van der Waals surface area contributed by atoms with E-state index in [1.807, 2.05) is 77.1 Å².